The van der Waals surface area contributed by atoms with Gasteiger partial charge >= 0.3 is 6.18 Å². The second-order valence-corrected chi connectivity index (χ2v) is 3.35. The minimum atomic E-state index is -4.31. The number of hydrogen-bond acceptors (Lipinski definition) is 3. The minimum absolute atomic E-state index is 0.666. The molecule has 7 heteroatoms. The molecule has 1 aliphatic heterocycles. The summed E-state index contributed by atoms with van der Waals surface area (Å²) in [6.07, 6.45) is -2.44. The third kappa shape index (κ3) is 2.23. The molecule has 15 heavy (non-hydrogen) atoms. The van der Waals surface area contributed by atoms with Crippen LogP contribution in [0.3, 0.4) is 0 Å². The molecule has 1 fully saturated rings. The molecule has 1 saturated heterocycles. The first-order valence-electron chi connectivity index (χ1n) is 4.65. The van der Waals surface area contributed by atoms with Crippen molar-refractivity contribution in [2.45, 2.75) is 6.18 Å². The van der Waals surface area contributed by atoms with Gasteiger partial charge in [0.25, 0.3) is 0 Å². The highest BCUT2D eigenvalue weighted by molar-refractivity contribution is 5.10. The zero-order chi connectivity index (χ0) is 10.9. The first kappa shape index (κ1) is 10.3. The van der Waals surface area contributed by atoms with E-state index in [0.717, 1.165) is 25.5 Å². The molecule has 1 aromatic rings. The summed E-state index contributed by atoms with van der Waals surface area (Å²) in [5.74, 6) is 0. The first-order valence-corrected chi connectivity index (χ1v) is 4.65. The fraction of sp³-hybridized carbons (Fsp3) is 0.625. The molecular formula is C8H11F3N4. The van der Waals surface area contributed by atoms with Crippen LogP contribution < -0.4 is 10.3 Å². The van der Waals surface area contributed by atoms with E-state index in [2.05, 4.69) is 10.4 Å². The second-order valence-electron chi connectivity index (χ2n) is 3.35. The van der Waals surface area contributed by atoms with E-state index in [1.807, 2.05) is 0 Å². The van der Waals surface area contributed by atoms with Crippen LogP contribution in [0.1, 0.15) is 5.56 Å². The highest BCUT2D eigenvalue weighted by Crippen LogP contribution is 2.28. The summed E-state index contributed by atoms with van der Waals surface area (Å²) in [5, 5.41) is 8.59. The van der Waals surface area contributed by atoms with Crippen LogP contribution in [-0.4, -0.2) is 36.1 Å². The van der Waals surface area contributed by atoms with Gasteiger partial charge in [0.15, 0.2) is 0 Å². The van der Waals surface area contributed by atoms with Gasteiger partial charge < -0.3 is 5.32 Å². The predicted molar refractivity (Wildman–Crippen MR) is 48.0 cm³/mol. The number of alkyl halides is 3. The van der Waals surface area contributed by atoms with E-state index in [-0.39, 0.29) is 0 Å². The van der Waals surface area contributed by atoms with E-state index in [4.69, 9.17) is 0 Å². The van der Waals surface area contributed by atoms with Crippen molar-refractivity contribution in [1.82, 2.24) is 15.2 Å². The van der Waals surface area contributed by atoms with E-state index in [9.17, 15) is 13.2 Å². The van der Waals surface area contributed by atoms with Gasteiger partial charge in [-0.3, -0.25) is 5.01 Å². The maximum atomic E-state index is 12.3. The van der Waals surface area contributed by atoms with Gasteiger partial charge in [0.05, 0.1) is 18.0 Å². The maximum absolute atomic E-state index is 12.3. The average Bonchev–Trinajstić information content (AvgIpc) is 2.67. The minimum Gasteiger partial charge on any atom is -0.313 e. The smallest absolute Gasteiger partial charge is 0.313 e. The van der Waals surface area contributed by atoms with Crippen molar-refractivity contribution >= 4 is 0 Å². The molecule has 0 unspecified atom stereocenters. The highest BCUT2D eigenvalue weighted by atomic mass is 19.4. The Labute approximate surface area is 84.6 Å². The molecule has 1 aromatic heterocycles. The van der Waals surface area contributed by atoms with Crippen molar-refractivity contribution in [3.05, 3.63) is 18.0 Å². The van der Waals surface area contributed by atoms with Gasteiger partial charge in [-0.05, 0) is 0 Å². The molecule has 1 N–H and O–H groups in total. The number of nitrogens with zero attached hydrogens (tertiary/aromatic N) is 3. The van der Waals surface area contributed by atoms with Crippen LogP contribution in [0.25, 0.3) is 0 Å². The van der Waals surface area contributed by atoms with Crippen molar-refractivity contribution in [1.29, 1.82) is 0 Å². The van der Waals surface area contributed by atoms with Crippen LogP contribution in [-0.2, 0) is 6.18 Å². The highest BCUT2D eigenvalue weighted by Gasteiger charge is 2.32. The summed E-state index contributed by atoms with van der Waals surface area (Å²) in [7, 11) is 0. The Morgan fingerprint density at radius 2 is 1.93 bits per heavy atom. The van der Waals surface area contributed by atoms with Crippen LogP contribution >= 0.6 is 0 Å². The zero-order valence-corrected chi connectivity index (χ0v) is 7.96. The third-order valence-electron chi connectivity index (χ3n) is 2.28. The van der Waals surface area contributed by atoms with Crippen LogP contribution in [0, 0.1) is 0 Å². The van der Waals surface area contributed by atoms with E-state index >= 15 is 0 Å². The molecule has 4 nitrogen and oxygen atoms in total. The maximum Gasteiger partial charge on any atom is 0.419 e. The van der Waals surface area contributed by atoms with Crippen LogP contribution in [0.2, 0.25) is 0 Å². The molecule has 0 radical (unpaired) electrons. The number of nitrogens with one attached hydrogen (secondary N) is 1. The quantitative estimate of drug-likeness (QED) is 0.745. The van der Waals surface area contributed by atoms with E-state index < -0.39 is 11.7 Å². The van der Waals surface area contributed by atoms with Gasteiger partial charge in [-0.25, -0.2) is 0 Å². The predicted octanol–water partition coefficient (Wildman–Crippen LogP) is 0.443. The Kier molecular flexibility index (Phi) is 2.56. The van der Waals surface area contributed by atoms with E-state index in [1.165, 1.54) is 4.79 Å². The number of aromatic nitrogens is 2. The molecule has 0 atom stereocenters. The Balaban J connectivity index is 2.12. The molecule has 2 heterocycles. The molecule has 1 aliphatic rings. The van der Waals surface area contributed by atoms with E-state index in [0.29, 0.717) is 13.1 Å². The lowest BCUT2D eigenvalue weighted by atomic mass is 10.4. The van der Waals surface area contributed by atoms with Gasteiger partial charge in [0.1, 0.15) is 0 Å². The Morgan fingerprint density at radius 3 is 2.47 bits per heavy atom. The lowest BCUT2D eigenvalue weighted by molar-refractivity contribution is -0.137. The molecule has 0 saturated carbocycles. The molecule has 0 spiro atoms. The lowest BCUT2D eigenvalue weighted by Crippen LogP contribution is -2.49. The summed E-state index contributed by atoms with van der Waals surface area (Å²) >= 11 is 0. The Morgan fingerprint density at radius 1 is 1.27 bits per heavy atom. The summed E-state index contributed by atoms with van der Waals surface area (Å²) < 4.78 is 36.9. The topological polar surface area (TPSA) is 33.1 Å². The van der Waals surface area contributed by atoms with Crippen molar-refractivity contribution in [3.63, 3.8) is 0 Å². The van der Waals surface area contributed by atoms with Crippen molar-refractivity contribution in [2.24, 2.45) is 0 Å². The summed E-state index contributed by atoms with van der Waals surface area (Å²) in [5.41, 5.74) is -0.707. The largest absolute Gasteiger partial charge is 0.419 e. The van der Waals surface area contributed by atoms with Gasteiger partial charge in [0.2, 0.25) is 0 Å². The van der Waals surface area contributed by atoms with Crippen LogP contribution in [0.4, 0.5) is 13.2 Å². The average molecular weight is 220 g/mol. The second kappa shape index (κ2) is 3.73. The Hall–Kier alpha value is -1.24. The van der Waals surface area contributed by atoms with Gasteiger partial charge in [-0.15, -0.1) is 0 Å². The monoisotopic (exact) mass is 220 g/mol. The summed E-state index contributed by atoms with van der Waals surface area (Å²) in [6, 6.07) is 0. The fourth-order valence-electron chi connectivity index (χ4n) is 1.47. The Bertz CT molecular complexity index is 327. The molecule has 0 aliphatic carbocycles. The normalized spacial score (nSPS) is 18.2. The van der Waals surface area contributed by atoms with Crippen LogP contribution in [0.5, 0.6) is 0 Å². The molecular weight excluding hydrogens is 209 g/mol. The number of halogens is 3. The van der Waals surface area contributed by atoms with Crippen molar-refractivity contribution in [2.75, 3.05) is 31.2 Å². The lowest BCUT2D eigenvalue weighted by Gasteiger charge is -2.28. The molecule has 84 valence electrons. The SMILES string of the molecule is FC(F)(F)c1cnn(N2CCNCC2)c1. The van der Waals surface area contributed by atoms with E-state index in [1.54, 1.807) is 5.01 Å². The summed E-state index contributed by atoms with van der Waals surface area (Å²) in [4.78, 5) is 1.27. The van der Waals surface area contributed by atoms with Crippen LogP contribution in [0.15, 0.2) is 12.4 Å². The molecule has 0 bridgehead atoms. The molecule has 0 aromatic carbocycles. The molecule has 2 rings (SSSR count). The van der Waals surface area contributed by atoms with Crippen molar-refractivity contribution < 1.29 is 13.2 Å². The number of piperazine rings is 1. The zero-order valence-electron chi connectivity index (χ0n) is 7.96. The fourth-order valence-corrected chi connectivity index (χ4v) is 1.47. The summed E-state index contributed by atoms with van der Waals surface area (Å²) in [6.45, 7) is 2.86. The van der Waals surface area contributed by atoms with Gasteiger partial charge in [0, 0.05) is 26.2 Å². The van der Waals surface area contributed by atoms with Gasteiger partial charge in [-0.2, -0.15) is 23.1 Å². The first-order chi connectivity index (χ1) is 7.07. The number of rotatable bonds is 1. The van der Waals surface area contributed by atoms with Crippen molar-refractivity contribution in [3.8, 4) is 0 Å². The standard InChI is InChI=1S/C8H11F3N4/c9-8(10,11)7-5-13-15(6-7)14-3-1-12-2-4-14/h5-6,12H,1-4H2. The number of hydrogen-bond donors (Lipinski definition) is 1. The third-order valence-corrected chi connectivity index (χ3v) is 2.28. The van der Waals surface area contributed by atoms with Gasteiger partial charge in [-0.1, -0.05) is 0 Å². The molecule has 0 amide bonds.